The number of anilines is 1. The SMILES string of the molecule is Cc1nc(C)c(-c2nc3ccccc3s2)c(NC2CCC(CO)CC2)n1. The number of para-hydroxylation sites is 1. The highest BCUT2D eigenvalue weighted by molar-refractivity contribution is 7.21. The molecule has 0 aliphatic heterocycles. The molecule has 0 bridgehead atoms. The third kappa shape index (κ3) is 3.44. The average Bonchev–Trinajstić information content (AvgIpc) is 3.05. The predicted molar refractivity (Wildman–Crippen MR) is 107 cm³/mol. The zero-order valence-corrected chi connectivity index (χ0v) is 16.0. The van der Waals surface area contributed by atoms with Crippen molar-refractivity contribution in [3.63, 3.8) is 0 Å². The number of hydrogen-bond donors (Lipinski definition) is 2. The molecule has 2 aromatic heterocycles. The number of thiazole rings is 1. The van der Waals surface area contributed by atoms with Crippen molar-refractivity contribution in [1.29, 1.82) is 0 Å². The molecule has 0 amide bonds. The second-order valence-corrected chi connectivity index (χ2v) is 8.14. The molecule has 136 valence electrons. The van der Waals surface area contributed by atoms with Gasteiger partial charge in [-0.15, -0.1) is 11.3 Å². The summed E-state index contributed by atoms with van der Waals surface area (Å²) >= 11 is 1.69. The Labute approximate surface area is 157 Å². The van der Waals surface area contributed by atoms with E-state index in [-0.39, 0.29) is 0 Å². The van der Waals surface area contributed by atoms with Gasteiger partial charge in [-0.3, -0.25) is 0 Å². The highest BCUT2D eigenvalue weighted by Gasteiger charge is 2.23. The van der Waals surface area contributed by atoms with Crippen LogP contribution in [0.1, 0.15) is 37.2 Å². The van der Waals surface area contributed by atoms with Crippen molar-refractivity contribution >= 4 is 27.4 Å². The summed E-state index contributed by atoms with van der Waals surface area (Å²) in [5.74, 6) is 2.12. The van der Waals surface area contributed by atoms with Gasteiger partial charge < -0.3 is 10.4 Å². The Morgan fingerprint density at radius 2 is 1.85 bits per heavy atom. The molecule has 26 heavy (non-hydrogen) atoms. The Bertz CT molecular complexity index is 882. The van der Waals surface area contributed by atoms with Gasteiger partial charge in [-0.05, 0) is 57.6 Å². The van der Waals surface area contributed by atoms with Gasteiger partial charge in [0.2, 0.25) is 0 Å². The molecule has 5 nitrogen and oxygen atoms in total. The fraction of sp³-hybridized carbons (Fsp3) is 0.450. The number of nitrogens with one attached hydrogen (secondary N) is 1. The average molecular weight is 369 g/mol. The lowest BCUT2D eigenvalue weighted by Gasteiger charge is -2.29. The minimum absolute atomic E-state index is 0.301. The Hall–Kier alpha value is -2.05. The second-order valence-electron chi connectivity index (χ2n) is 7.11. The fourth-order valence-corrected chi connectivity index (χ4v) is 4.80. The maximum Gasteiger partial charge on any atom is 0.140 e. The zero-order valence-electron chi connectivity index (χ0n) is 15.2. The monoisotopic (exact) mass is 368 g/mol. The number of fused-ring (bicyclic) bond motifs is 1. The number of rotatable bonds is 4. The summed E-state index contributed by atoms with van der Waals surface area (Å²) in [6.07, 6.45) is 4.25. The predicted octanol–water partition coefficient (Wildman–Crippen LogP) is 4.33. The number of hydrogen-bond acceptors (Lipinski definition) is 6. The van der Waals surface area contributed by atoms with E-state index >= 15 is 0 Å². The first-order valence-corrected chi connectivity index (χ1v) is 10.0. The van der Waals surface area contributed by atoms with Gasteiger partial charge in [0.25, 0.3) is 0 Å². The van der Waals surface area contributed by atoms with Gasteiger partial charge in [-0.2, -0.15) is 0 Å². The van der Waals surface area contributed by atoms with Gasteiger partial charge in [-0.1, -0.05) is 12.1 Å². The highest BCUT2D eigenvalue weighted by Crippen LogP contribution is 2.36. The normalized spacial score (nSPS) is 20.4. The van der Waals surface area contributed by atoms with Crippen LogP contribution in [0.2, 0.25) is 0 Å². The van der Waals surface area contributed by atoms with Gasteiger partial charge in [0, 0.05) is 12.6 Å². The summed E-state index contributed by atoms with van der Waals surface area (Å²) in [7, 11) is 0. The third-order valence-electron chi connectivity index (χ3n) is 5.16. The molecule has 0 atom stereocenters. The van der Waals surface area contributed by atoms with E-state index in [4.69, 9.17) is 9.97 Å². The van der Waals surface area contributed by atoms with Crippen molar-refractivity contribution < 1.29 is 5.11 Å². The summed E-state index contributed by atoms with van der Waals surface area (Å²) in [6, 6.07) is 8.59. The molecular formula is C20H24N4OS. The third-order valence-corrected chi connectivity index (χ3v) is 6.21. The van der Waals surface area contributed by atoms with Crippen molar-refractivity contribution in [2.45, 2.75) is 45.6 Å². The summed E-state index contributed by atoms with van der Waals surface area (Å²) in [6.45, 7) is 4.27. The molecule has 1 aliphatic rings. The number of benzene rings is 1. The van der Waals surface area contributed by atoms with E-state index in [9.17, 15) is 5.11 Å². The summed E-state index contributed by atoms with van der Waals surface area (Å²) in [5, 5.41) is 14.0. The second kappa shape index (κ2) is 7.29. The van der Waals surface area contributed by atoms with Crippen LogP contribution in [-0.4, -0.2) is 32.7 Å². The van der Waals surface area contributed by atoms with Gasteiger partial charge in [0.15, 0.2) is 0 Å². The van der Waals surface area contributed by atoms with Crippen LogP contribution >= 0.6 is 11.3 Å². The molecule has 1 saturated carbocycles. The maximum atomic E-state index is 9.35. The lowest BCUT2D eigenvalue weighted by atomic mass is 9.86. The van der Waals surface area contributed by atoms with Crippen LogP contribution in [0.25, 0.3) is 20.8 Å². The van der Waals surface area contributed by atoms with E-state index < -0.39 is 0 Å². The molecule has 2 heterocycles. The lowest BCUT2D eigenvalue weighted by Crippen LogP contribution is -2.28. The lowest BCUT2D eigenvalue weighted by molar-refractivity contribution is 0.185. The zero-order chi connectivity index (χ0) is 18.1. The fourth-order valence-electron chi connectivity index (χ4n) is 3.74. The van der Waals surface area contributed by atoms with Crippen molar-refractivity contribution in [1.82, 2.24) is 15.0 Å². The van der Waals surface area contributed by atoms with Crippen LogP contribution in [0, 0.1) is 19.8 Å². The standard InChI is InChI=1S/C20H24N4OS/c1-12-18(20-24-16-5-3-4-6-17(16)26-20)19(22-13(2)21-12)23-15-9-7-14(11-25)8-10-15/h3-6,14-15,25H,7-11H2,1-2H3,(H,21,22,23). The first-order chi connectivity index (χ1) is 12.6. The van der Waals surface area contributed by atoms with Gasteiger partial charge >= 0.3 is 0 Å². The molecule has 4 rings (SSSR count). The van der Waals surface area contributed by atoms with Gasteiger partial charge in [-0.25, -0.2) is 15.0 Å². The minimum Gasteiger partial charge on any atom is -0.396 e. The Kier molecular flexibility index (Phi) is 4.87. The van der Waals surface area contributed by atoms with E-state index in [1.807, 2.05) is 32.0 Å². The van der Waals surface area contributed by atoms with Crippen molar-refractivity contribution in [2.24, 2.45) is 5.92 Å². The molecule has 3 aromatic rings. The Morgan fingerprint density at radius 1 is 1.08 bits per heavy atom. The first-order valence-electron chi connectivity index (χ1n) is 9.22. The molecule has 0 radical (unpaired) electrons. The number of aryl methyl sites for hydroxylation is 2. The summed E-state index contributed by atoms with van der Waals surface area (Å²) in [4.78, 5) is 14.1. The van der Waals surface area contributed by atoms with Crippen molar-refractivity contribution in [3.05, 3.63) is 35.8 Å². The molecule has 0 unspecified atom stereocenters. The molecule has 1 aromatic carbocycles. The van der Waals surface area contributed by atoms with Gasteiger partial charge in [0.05, 0.1) is 21.5 Å². The van der Waals surface area contributed by atoms with Crippen LogP contribution in [-0.2, 0) is 0 Å². The molecule has 0 saturated heterocycles. The highest BCUT2D eigenvalue weighted by atomic mass is 32.1. The molecule has 2 N–H and O–H groups in total. The number of aromatic nitrogens is 3. The minimum atomic E-state index is 0.301. The summed E-state index contributed by atoms with van der Waals surface area (Å²) < 4.78 is 1.18. The van der Waals surface area contributed by atoms with E-state index in [2.05, 4.69) is 16.4 Å². The Balaban J connectivity index is 1.68. The summed E-state index contributed by atoms with van der Waals surface area (Å²) in [5.41, 5.74) is 2.99. The van der Waals surface area contributed by atoms with Crippen molar-refractivity contribution in [3.8, 4) is 10.6 Å². The molecule has 6 heteroatoms. The number of nitrogens with zero attached hydrogens (tertiary/aromatic N) is 3. The van der Waals surface area contributed by atoms with Crippen LogP contribution in [0.5, 0.6) is 0 Å². The van der Waals surface area contributed by atoms with Crippen LogP contribution < -0.4 is 5.32 Å². The number of aliphatic hydroxyl groups is 1. The van der Waals surface area contributed by atoms with E-state index in [0.717, 1.165) is 59.1 Å². The van der Waals surface area contributed by atoms with Crippen LogP contribution in [0.15, 0.2) is 24.3 Å². The molecular weight excluding hydrogens is 344 g/mol. The topological polar surface area (TPSA) is 70.9 Å². The molecule has 1 aliphatic carbocycles. The smallest absolute Gasteiger partial charge is 0.140 e. The van der Waals surface area contributed by atoms with Crippen molar-refractivity contribution in [2.75, 3.05) is 11.9 Å². The van der Waals surface area contributed by atoms with E-state index in [1.165, 1.54) is 4.70 Å². The van der Waals surface area contributed by atoms with E-state index in [0.29, 0.717) is 18.6 Å². The first kappa shape index (κ1) is 17.4. The van der Waals surface area contributed by atoms with E-state index in [1.54, 1.807) is 11.3 Å². The van der Waals surface area contributed by atoms with Crippen LogP contribution in [0.3, 0.4) is 0 Å². The molecule has 0 spiro atoms. The van der Waals surface area contributed by atoms with Gasteiger partial charge in [0.1, 0.15) is 16.6 Å². The van der Waals surface area contributed by atoms with Crippen LogP contribution in [0.4, 0.5) is 5.82 Å². The Morgan fingerprint density at radius 3 is 2.58 bits per heavy atom. The number of aliphatic hydroxyl groups excluding tert-OH is 1. The molecule has 1 fully saturated rings. The maximum absolute atomic E-state index is 9.35. The largest absolute Gasteiger partial charge is 0.396 e. The quantitative estimate of drug-likeness (QED) is 0.717.